The Morgan fingerprint density at radius 1 is 1.13 bits per heavy atom. The largest absolute Gasteiger partial charge is 0.489 e. The van der Waals surface area contributed by atoms with E-state index >= 15 is 0 Å². The molecule has 0 aromatic heterocycles. The van der Waals surface area contributed by atoms with Crippen LogP contribution in [0.1, 0.15) is 42.6 Å². The Labute approximate surface area is 183 Å². The van der Waals surface area contributed by atoms with Gasteiger partial charge in [-0.3, -0.25) is 4.79 Å². The average molecular weight is 426 g/mol. The van der Waals surface area contributed by atoms with E-state index in [4.69, 9.17) is 4.74 Å². The lowest BCUT2D eigenvalue weighted by Crippen LogP contribution is -2.52. The lowest BCUT2D eigenvalue weighted by atomic mass is 10.1. The standard InChI is InChI=1S/C24H31N3O4/c1-17(2)25-24(30)27-14-6-9-22(28)21(15-27)26-23(29)19-10-12-20(13-11-19)31-16-18-7-4-3-5-8-18/h3-5,7-8,10-13,17,21-22,28H,6,9,14-16H2,1-2H3,(H,25,30)(H,26,29). The number of carbonyl (C=O) groups excluding carboxylic acids is 2. The molecule has 2 unspecified atom stereocenters. The van der Waals surface area contributed by atoms with E-state index in [1.54, 1.807) is 29.2 Å². The van der Waals surface area contributed by atoms with Crippen LogP contribution in [0.2, 0.25) is 0 Å². The molecule has 2 aromatic rings. The van der Waals surface area contributed by atoms with Gasteiger partial charge in [-0.05, 0) is 56.5 Å². The minimum Gasteiger partial charge on any atom is -0.489 e. The maximum absolute atomic E-state index is 12.7. The summed E-state index contributed by atoms with van der Waals surface area (Å²) in [6.45, 7) is 5.07. The molecule has 7 nitrogen and oxygen atoms in total. The predicted molar refractivity (Wildman–Crippen MR) is 119 cm³/mol. The number of likely N-dealkylation sites (tertiary alicyclic amines) is 1. The molecule has 2 atom stereocenters. The third kappa shape index (κ3) is 6.72. The van der Waals surface area contributed by atoms with Crippen LogP contribution in [0.5, 0.6) is 5.75 Å². The number of ether oxygens (including phenoxy) is 1. The summed E-state index contributed by atoms with van der Waals surface area (Å²) in [7, 11) is 0. The van der Waals surface area contributed by atoms with E-state index in [0.29, 0.717) is 37.3 Å². The van der Waals surface area contributed by atoms with Crippen LogP contribution in [0.4, 0.5) is 4.79 Å². The van der Waals surface area contributed by atoms with Gasteiger partial charge < -0.3 is 25.4 Å². The molecule has 0 saturated carbocycles. The molecule has 1 fully saturated rings. The number of carbonyl (C=O) groups is 2. The van der Waals surface area contributed by atoms with Crippen molar-refractivity contribution < 1.29 is 19.4 Å². The van der Waals surface area contributed by atoms with Gasteiger partial charge in [-0.2, -0.15) is 0 Å². The van der Waals surface area contributed by atoms with Gasteiger partial charge in [0.25, 0.3) is 5.91 Å². The highest BCUT2D eigenvalue weighted by atomic mass is 16.5. The van der Waals surface area contributed by atoms with Crippen LogP contribution in [0.3, 0.4) is 0 Å². The van der Waals surface area contributed by atoms with Crippen molar-refractivity contribution in [2.45, 2.75) is 51.5 Å². The van der Waals surface area contributed by atoms with Crippen LogP contribution in [0.15, 0.2) is 54.6 Å². The Morgan fingerprint density at radius 3 is 2.52 bits per heavy atom. The molecule has 0 spiro atoms. The fraction of sp³-hybridized carbons (Fsp3) is 0.417. The van der Waals surface area contributed by atoms with Crippen molar-refractivity contribution in [3.05, 3.63) is 65.7 Å². The SMILES string of the molecule is CC(C)NC(=O)N1CCCC(O)C(NC(=O)c2ccc(OCc3ccccc3)cc2)C1. The number of nitrogens with one attached hydrogen (secondary N) is 2. The van der Waals surface area contributed by atoms with E-state index in [1.165, 1.54) is 0 Å². The molecule has 0 aliphatic carbocycles. The number of rotatable bonds is 6. The average Bonchev–Trinajstić information content (AvgIpc) is 2.94. The smallest absolute Gasteiger partial charge is 0.317 e. The van der Waals surface area contributed by atoms with Crippen LogP contribution in [0.25, 0.3) is 0 Å². The van der Waals surface area contributed by atoms with Crippen LogP contribution >= 0.6 is 0 Å². The van der Waals surface area contributed by atoms with E-state index in [-0.39, 0.29) is 24.5 Å². The van der Waals surface area contributed by atoms with Crippen molar-refractivity contribution in [2.24, 2.45) is 0 Å². The van der Waals surface area contributed by atoms with Crippen molar-refractivity contribution in [3.8, 4) is 5.75 Å². The Kier molecular flexibility index (Phi) is 7.89. The fourth-order valence-corrected chi connectivity index (χ4v) is 3.50. The van der Waals surface area contributed by atoms with Crippen LogP contribution in [0, 0.1) is 0 Å². The second kappa shape index (κ2) is 10.8. The summed E-state index contributed by atoms with van der Waals surface area (Å²) in [6, 6.07) is 16.1. The molecule has 0 radical (unpaired) electrons. The summed E-state index contributed by atoms with van der Waals surface area (Å²) >= 11 is 0. The number of hydrogen-bond donors (Lipinski definition) is 3. The monoisotopic (exact) mass is 425 g/mol. The third-order valence-corrected chi connectivity index (χ3v) is 5.19. The second-order valence-corrected chi connectivity index (χ2v) is 8.14. The van der Waals surface area contributed by atoms with Crippen LogP contribution < -0.4 is 15.4 Å². The molecule has 166 valence electrons. The number of urea groups is 1. The van der Waals surface area contributed by atoms with E-state index in [9.17, 15) is 14.7 Å². The van der Waals surface area contributed by atoms with Gasteiger partial charge in [0.1, 0.15) is 12.4 Å². The molecule has 3 amide bonds. The lowest BCUT2D eigenvalue weighted by molar-refractivity contribution is 0.0808. The second-order valence-electron chi connectivity index (χ2n) is 8.14. The van der Waals surface area contributed by atoms with Gasteiger partial charge in [-0.15, -0.1) is 0 Å². The van der Waals surface area contributed by atoms with Crippen molar-refractivity contribution in [1.29, 1.82) is 0 Å². The Morgan fingerprint density at radius 2 is 1.84 bits per heavy atom. The minimum absolute atomic E-state index is 0.0244. The molecular weight excluding hydrogens is 394 g/mol. The molecule has 0 bridgehead atoms. The minimum atomic E-state index is -0.700. The number of benzene rings is 2. The quantitative estimate of drug-likeness (QED) is 0.664. The molecule has 31 heavy (non-hydrogen) atoms. The molecule has 1 aliphatic rings. The first-order valence-electron chi connectivity index (χ1n) is 10.7. The zero-order valence-electron chi connectivity index (χ0n) is 18.1. The van der Waals surface area contributed by atoms with Crippen molar-refractivity contribution >= 4 is 11.9 Å². The Hall–Kier alpha value is -3.06. The summed E-state index contributed by atoms with van der Waals surface area (Å²) < 4.78 is 5.76. The number of aliphatic hydroxyl groups is 1. The Balaban J connectivity index is 1.57. The molecule has 2 aromatic carbocycles. The molecule has 1 saturated heterocycles. The van der Waals surface area contributed by atoms with E-state index in [2.05, 4.69) is 10.6 Å². The number of aliphatic hydroxyl groups excluding tert-OH is 1. The normalized spacial score (nSPS) is 18.9. The highest BCUT2D eigenvalue weighted by Crippen LogP contribution is 2.16. The summed E-state index contributed by atoms with van der Waals surface area (Å²) in [5, 5.41) is 16.2. The van der Waals surface area contributed by atoms with Gasteiger partial charge in [-0.1, -0.05) is 30.3 Å². The number of amides is 3. The van der Waals surface area contributed by atoms with Gasteiger partial charge in [0.2, 0.25) is 0 Å². The fourth-order valence-electron chi connectivity index (χ4n) is 3.50. The predicted octanol–water partition coefficient (Wildman–Crippen LogP) is 2.94. The first kappa shape index (κ1) is 22.6. The van der Waals surface area contributed by atoms with Gasteiger partial charge >= 0.3 is 6.03 Å². The lowest BCUT2D eigenvalue weighted by Gasteiger charge is -2.28. The third-order valence-electron chi connectivity index (χ3n) is 5.19. The molecule has 3 rings (SSSR count). The van der Waals surface area contributed by atoms with E-state index in [1.807, 2.05) is 44.2 Å². The van der Waals surface area contributed by atoms with Gasteiger partial charge in [0.15, 0.2) is 0 Å². The summed E-state index contributed by atoms with van der Waals surface area (Å²) in [4.78, 5) is 26.8. The maximum Gasteiger partial charge on any atom is 0.317 e. The highest BCUT2D eigenvalue weighted by molar-refractivity contribution is 5.94. The topological polar surface area (TPSA) is 90.9 Å². The van der Waals surface area contributed by atoms with E-state index in [0.717, 1.165) is 5.56 Å². The van der Waals surface area contributed by atoms with Crippen LogP contribution in [-0.4, -0.2) is 53.2 Å². The van der Waals surface area contributed by atoms with Crippen molar-refractivity contribution in [1.82, 2.24) is 15.5 Å². The molecular formula is C24H31N3O4. The zero-order chi connectivity index (χ0) is 22.2. The Bertz CT molecular complexity index is 855. The molecule has 1 heterocycles. The molecule has 3 N–H and O–H groups in total. The maximum atomic E-state index is 12.7. The van der Waals surface area contributed by atoms with Gasteiger partial charge in [0.05, 0.1) is 12.1 Å². The highest BCUT2D eigenvalue weighted by Gasteiger charge is 2.29. The van der Waals surface area contributed by atoms with Crippen molar-refractivity contribution in [2.75, 3.05) is 13.1 Å². The first-order chi connectivity index (χ1) is 14.9. The first-order valence-corrected chi connectivity index (χ1v) is 10.7. The summed E-state index contributed by atoms with van der Waals surface area (Å²) in [5.74, 6) is 0.385. The van der Waals surface area contributed by atoms with Crippen molar-refractivity contribution in [3.63, 3.8) is 0 Å². The van der Waals surface area contributed by atoms with Gasteiger partial charge in [0, 0.05) is 24.7 Å². The number of nitrogens with zero attached hydrogens (tertiary/aromatic N) is 1. The molecule has 1 aliphatic heterocycles. The van der Waals surface area contributed by atoms with E-state index < -0.39 is 12.1 Å². The zero-order valence-corrected chi connectivity index (χ0v) is 18.1. The summed E-state index contributed by atoms with van der Waals surface area (Å²) in [5.41, 5.74) is 1.54. The summed E-state index contributed by atoms with van der Waals surface area (Å²) in [6.07, 6.45) is 0.518. The van der Waals surface area contributed by atoms with Gasteiger partial charge in [-0.25, -0.2) is 4.79 Å². The number of hydrogen-bond acceptors (Lipinski definition) is 4. The van der Waals surface area contributed by atoms with Crippen LogP contribution in [-0.2, 0) is 6.61 Å². The molecule has 7 heteroatoms.